The fraction of sp³-hybridized carbons (Fsp3) is 0.929. The van der Waals surface area contributed by atoms with Crippen molar-refractivity contribution in [2.75, 3.05) is 6.54 Å². The molecule has 2 nitrogen and oxygen atoms in total. The molecular formula is C14H22N2. The predicted octanol–water partition coefficient (Wildman–Crippen LogP) is 2.59. The van der Waals surface area contributed by atoms with Gasteiger partial charge in [0.15, 0.2) is 0 Å². The highest BCUT2D eigenvalue weighted by molar-refractivity contribution is 5.81. The molecule has 0 radical (unpaired) electrons. The number of nitrogens with one attached hydrogen (secondary N) is 1. The van der Waals surface area contributed by atoms with Gasteiger partial charge < -0.3 is 5.32 Å². The van der Waals surface area contributed by atoms with Crippen LogP contribution in [0.5, 0.6) is 0 Å². The first-order valence-corrected chi connectivity index (χ1v) is 7.01. The van der Waals surface area contributed by atoms with Crippen molar-refractivity contribution in [1.29, 1.82) is 0 Å². The normalized spacial score (nSPS) is 53.9. The molecule has 0 aromatic rings. The third kappa shape index (κ3) is 1.22. The van der Waals surface area contributed by atoms with Crippen LogP contribution in [0.25, 0.3) is 0 Å². The SMILES string of the molecule is CC1=NCC(C23CC4CC(CC(C4)C2)C3)N1. The van der Waals surface area contributed by atoms with Gasteiger partial charge in [-0.1, -0.05) is 0 Å². The van der Waals surface area contributed by atoms with E-state index in [-0.39, 0.29) is 0 Å². The molecule has 1 heterocycles. The molecule has 88 valence electrons. The van der Waals surface area contributed by atoms with Gasteiger partial charge in [0.1, 0.15) is 0 Å². The summed E-state index contributed by atoms with van der Waals surface area (Å²) in [6.07, 6.45) is 9.14. The second-order valence-corrected chi connectivity index (χ2v) is 6.90. The maximum atomic E-state index is 4.58. The van der Waals surface area contributed by atoms with Crippen LogP contribution < -0.4 is 5.32 Å². The number of nitrogens with zero attached hydrogens (tertiary/aromatic N) is 1. The summed E-state index contributed by atoms with van der Waals surface area (Å²) in [5.74, 6) is 4.37. The van der Waals surface area contributed by atoms with E-state index in [0.29, 0.717) is 11.5 Å². The highest BCUT2D eigenvalue weighted by Gasteiger charge is 2.54. The smallest absolute Gasteiger partial charge is 0.0935 e. The Morgan fingerprint density at radius 2 is 1.62 bits per heavy atom. The van der Waals surface area contributed by atoms with Crippen molar-refractivity contribution in [3.8, 4) is 0 Å². The van der Waals surface area contributed by atoms with Gasteiger partial charge in [-0.25, -0.2) is 0 Å². The summed E-state index contributed by atoms with van der Waals surface area (Å²) in [7, 11) is 0. The van der Waals surface area contributed by atoms with E-state index in [0.717, 1.165) is 24.3 Å². The summed E-state index contributed by atoms with van der Waals surface area (Å²) >= 11 is 0. The molecule has 4 saturated carbocycles. The molecule has 0 aromatic carbocycles. The molecule has 0 spiro atoms. The lowest BCUT2D eigenvalue weighted by Crippen LogP contribution is -2.55. The molecule has 1 aliphatic heterocycles. The van der Waals surface area contributed by atoms with Crippen molar-refractivity contribution >= 4 is 5.84 Å². The maximum absolute atomic E-state index is 4.58. The highest BCUT2D eigenvalue weighted by Crippen LogP contribution is 2.61. The quantitative estimate of drug-likeness (QED) is 0.719. The maximum Gasteiger partial charge on any atom is 0.0935 e. The van der Waals surface area contributed by atoms with Crippen LogP contribution in [0.3, 0.4) is 0 Å². The van der Waals surface area contributed by atoms with Crippen molar-refractivity contribution in [1.82, 2.24) is 5.32 Å². The standard InChI is InChI=1S/C14H22N2/c1-9-15-8-13(16-9)14-5-10-2-11(6-14)4-12(3-10)7-14/h10-13H,2-8H2,1H3,(H,15,16). The third-order valence-corrected chi connectivity index (χ3v) is 5.72. The second kappa shape index (κ2) is 3.02. The largest absolute Gasteiger partial charge is 0.369 e. The second-order valence-electron chi connectivity index (χ2n) is 6.90. The number of hydrogen-bond acceptors (Lipinski definition) is 2. The molecular weight excluding hydrogens is 196 g/mol. The predicted molar refractivity (Wildman–Crippen MR) is 65.5 cm³/mol. The van der Waals surface area contributed by atoms with E-state index in [4.69, 9.17) is 0 Å². The molecule has 1 unspecified atom stereocenters. The first-order valence-electron chi connectivity index (χ1n) is 7.01. The Labute approximate surface area is 97.9 Å². The Bertz CT molecular complexity index is 309. The number of rotatable bonds is 1. The van der Waals surface area contributed by atoms with E-state index in [1.807, 2.05) is 0 Å². The van der Waals surface area contributed by atoms with Gasteiger partial charge in [-0.15, -0.1) is 0 Å². The fourth-order valence-corrected chi connectivity index (χ4v) is 5.52. The summed E-state index contributed by atoms with van der Waals surface area (Å²) in [5.41, 5.74) is 0.635. The van der Waals surface area contributed by atoms with Gasteiger partial charge in [-0.2, -0.15) is 0 Å². The van der Waals surface area contributed by atoms with Crippen molar-refractivity contribution < 1.29 is 0 Å². The van der Waals surface area contributed by atoms with Crippen molar-refractivity contribution in [3.05, 3.63) is 0 Å². The molecule has 4 fully saturated rings. The van der Waals surface area contributed by atoms with E-state index < -0.39 is 0 Å². The minimum Gasteiger partial charge on any atom is -0.369 e. The van der Waals surface area contributed by atoms with Gasteiger partial charge in [0.05, 0.1) is 18.4 Å². The molecule has 1 atom stereocenters. The van der Waals surface area contributed by atoms with Crippen LogP contribution in [0.4, 0.5) is 0 Å². The van der Waals surface area contributed by atoms with Crippen LogP contribution in [0.1, 0.15) is 45.4 Å². The van der Waals surface area contributed by atoms with E-state index >= 15 is 0 Å². The molecule has 16 heavy (non-hydrogen) atoms. The monoisotopic (exact) mass is 218 g/mol. The lowest BCUT2D eigenvalue weighted by molar-refractivity contribution is -0.0673. The molecule has 0 amide bonds. The molecule has 4 aliphatic carbocycles. The molecule has 4 bridgehead atoms. The minimum absolute atomic E-state index is 0.635. The Kier molecular flexibility index (Phi) is 1.79. The zero-order chi connectivity index (χ0) is 10.8. The summed E-state index contributed by atoms with van der Waals surface area (Å²) in [5, 5.41) is 3.66. The Hall–Kier alpha value is -0.530. The Morgan fingerprint density at radius 3 is 2.06 bits per heavy atom. The average Bonchev–Trinajstić information content (AvgIpc) is 2.63. The Balaban J connectivity index is 1.62. The average molecular weight is 218 g/mol. The zero-order valence-electron chi connectivity index (χ0n) is 10.2. The molecule has 2 heteroatoms. The van der Waals surface area contributed by atoms with Crippen LogP contribution in [0.15, 0.2) is 4.99 Å². The first kappa shape index (κ1) is 9.49. The lowest BCUT2D eigenvalue weighted by Gasteiger charge is -2.58. The molecule has 5 rings (SSSR count). The zero-order valence-corrected chi connectivity index (χ0v) is 10.2. The lowest BCUT2D eigenvalue weighted by atomic mass is 9.48. The van der Waals surface area contributed by atoms with Crippen molar-refractivity contribution in [2.45, 2.75) is 51.5 Å². The van der Waals surface area contributed by atoms with Crippen LogP contribution in [-0.2, 0) is 0 Å². The van der Waals surface area contributed by atoms with Gasteiger partial charge in [0, 0.05) is 0 Å². The molecule has 0 saturated heterocycles. The number of amidine groups is 1. The van der Waals surface area contributed by atoms with E-state index in [9.17, 15) is 0 Å². The van der Waals surface area contributed by atoms with Crippen LogP contribution in [-0.4, -0.2) is 18.4 Å². The van der Waals surface area contributed by atoms with Gasteiger partial charge in [0.25, 0.3) is 0 Å². The number of aliphatic imine (C=N–C) groups is 1. The van der Waals surface area contributed by atoms with E-state index in [2.05, 4.69) is 17.2 Å². The van der Waals surface area contributed by atoms with Crippen molar-refractivity contribution in [3.63, 3.8) is 0 Å². The summed E-state index contributed by atoms with van der Waals surface area (Å²) < 4.78 is 0. The molecule has 1 N–H and O–H groups in total. The summed E-state index contributed by atoms with van der Waals surface area (Å²) in [4.78, 5) is 4.58. The minimum atomic E-state index is 0.635. The molecule has 0 aromatic heterocycles. The van der Waals surface area contributed by atoms with E-state index in [1.54, 1.807) is 19.3 Å². The highest BCUT2D eigenvalue weighted by atomic mass is 15.1. The van der Waals surface area contributed by atoms with Crippen molar-refractivity contribution in [2.24, 2.45) is 28.2 Å². The van der Waals surface area contributed by atoms with E-state index in [1.165, 1.54) is 25.1 Å². The van der Waals surface area contributed by atoms with Gasteiger partial charge in [0.2, 0.25) is 0 Å². The van der Waals surface area contributed by atoms with Crippen LogP contribution >= 0.6 is 0 Å². The summed E-state index contributed by atoms with van der Waals surface area (Å²) in [6, 6.07) is 0.681. The number of hydrogen-bond donors (Lipinski definition) is 1. The van der Waals surface area contributed by atoms with Gasteiger partial charge in [-0.05, 0) is 68.6 Å². The van der Waals surface area contributed by atoms with Gasteiger partial charge >= 0.3 is 0 Å². The fourth-order valence-electron chi connectivity index (χ4n) is 5.52. The topological polar surface area (TPSA) is 24.4 Å². The van der Waals surface area contributed by atoms with Gasteiger partial charge in [-0.3, -0.25) is 4.99 Å². The Morgan fingerprint density at radius 1 is 1.06 bits per heavy atom. The molecule has 5 aliphatic rings. The summed E-state index contributed by atoms with van der Waals surface area (Å²) in [6.45, 7) is 3.18. The van der Waals surface area contributed by atoms with Crippen LogP contribution in [0.2, 0.25) is 0 Å². The third-order valence-electron chi connectivity index (χ3n) is 5.72. The van der Waals surface area contributed by atoms with Crippen LogP contribution in [0, 0.1) is 23.2 Å². The first-order chi connectivity index (χ1) is 7.73.